The van der Waals surface area contributed by atoms with Crippen molar-refractivity contribution in [3.05, 3.63) is 47.5 Å². The number of rotatable bonds is 14. The fourth-order valence-electron chi connectivity index (χ4n) is 7.45. The number of hydrogen-bond donors (Lipinski definition) is 1. The maximum Gasteiger partial charge on any atom is 0.308 e. The second-order valence-corrected chi connectivity index (χ2v) is 15.2. The Morgan fingerprint density at radius 3 is 2.56 bits per heavy atom. The fourth-order valence-corrected chi connectivity index (χ4v) is 7.45. The molecule has 0 radical (unpaired) electrons. The van der Waals surface area contributed by atoms with Crippen LogP contribution < -0.4 is 19.1 Å². The summed E-state index contributed by atoms with van der Waals surface area (Å²) in [5.41, 5.74) is 2.34. The van der Waals surface area contributed by atoms with E-state index in [1.807, 2.05) is 52.8 Å². The normalized spacial score (nSPS) is 21.9. The van der Waals surface area contributed by atoms with E-state index in [-0.39, 0.29) is 25.2 Å². The van der Waals surface area contributed by atoms with Crippen LogP contribution in [0.1, 0.15) is 63.5 Å². The van der Waals surface area contributed by atoms with Gasteiger partial charge in [-0.25, -0.2) is 0 Å². The number of carboxylic acids is 1. The molecule has 2 amide bonds. The van der Waals surface area contributed by atoms with Crippen LogP contribution in [0.3, 0.4) is 0 Å². The summed E-state index contributed by atoms with van der Waals surface area (Å²) in [5.74, 6) is -0.654. The van der Waals surface area contributed by atoms with Gasteiger partial charge < -0.3 is 33.6 Å². The number of carbonyl (C=O) groups excluding carboxylic acids is 2. The lowest BCUT2D eigenvalue weighted by molar-refractivity contribution is -0.884. The van der Waals surface area contributed by atoms with Crippen LogP contribution in [0.4, 0.5) is 5.69 Å². The summed E-state index contributed by atoms with van der Waals surface area (Å²) in [6.45, 7) is 8.99. The van der Waals surface area contributed by atoms with Crippen molar-refractivity contribution in [2.75, 3.05) is 72.7 Å². The van der Waals surface area contributed by atoms with Crippen LogP contribution in [0.2, 0.25) is 0 Å². The molecule has 0 spiro atoms. The Hall–Kier alpha value is -3.83. The maximum absolute atomic E-state index is 14.3. The van der Waals surface area contributed by atoms with E-state index in [0.29, 0.717) is 49.8 Å². The van der Waals surface area contributed by atoms with E-state index in [0.717, 1.165) is 47.1 Å². The number of unbranched alkanes of at least 4 members (excludes halogenated alkanes) is 1. The second kappa shape index (κ2) is 14.3. The van der Waals surface area contributed by atoms with Crippen molar-refractivity contribution in [1.82, 2.24) is 9.80 Å². The lowest BCUT2D eigenvalue weighted by atomic mass is 9.84. The molecule has 3 unspecified atom stereocenters. The standard InChI is InChI=1S/C37H52N4O7/c1-8-9-15-40(27-12-10-11-25(18-27)23-41(4,5)6)32(42)22-39-21-28(26-19-30(46-7)34-31(20-26)47-24-48-34)33(35(43)44)29(39)13-16-38-17-14-37(2,3)36(38)45/h10-12,18-20,28-29,33H,8-9,13-17,21-24H2,1-7H3/p+1. The molecule has 0 bridgehead atoms. The first-order valence-electron chi connectivity index (χ1n) is 17.2. The van der Waals surface area contributed by atoms with Crippen molar-refractivity contribution >= 4 is 23.5 Å². The van der Waals surface area contributed by atoms with E-state index >= 15 is 0 Å². The van der Waals surface area contributed by atoms with Gasteiger partial charge in [-0.3, -0.25) is 19.3 Å². The van der Waals surface area contributed by atoms with E-state index in [1.54, 1.807) is 7.11 Å². The summed E-state index contributed by atoms with van der Waals surface area (Å²) in [6, 6.07) is 11.4. The quantitative estimate of drug-likeness (QED) is 0.292. The van der Waals surface area contributed by atoms with E-state index in [4.69, 9.17) is 14.2 Å². The lowest BCUT2D eigenvalue weighted by Crippen LogP contribution is -2.46. The number of benzene rings is 2. The summed E-state index contributed by atoms with van der Waals surface area (Å²) in [6.07, 6.45) is 2.99. The molecule has 3 aliphatic rings. The van der Waals surface area contributed by atoms with Crippen LogP contribution >= 0.6 is 0 Å². The zero-order chi connectivity index (χ0) is 34.8. The average molecular weight is 666 g/mol. The topological polar surface area (TPSA) is 109 Å². The van der Waals surface area contributed by atoms with E-state index in [1.165, 1.54) is 0 Å². The van der Waals surface area contributed by atoms with Gasteiger partial charge in [-0.05, 0) is 49.1 Å². The second-order valence-electron chi connectivity index (χ2n) is 15.2. The summed E-state index contributed by atoms with van der Waals surface area (Å²) in [5, 5.41) is 10.7. The number of aliphatic carboxylic acids is 1. The Kier molecular flexibility index (Phi) is 10.6. The third-order valence-corrected chi connectivity index (χ3v) is 9.96. The predicted molar refractivity (Wildman–Crippen MR) is 183 cm³/mol. The molecule has 2 fully saturated rings. The van der Waals surface area contributed by atoms with Gasteiger partial charge in [0.25, 0.3) is 0 Å². The number of amides is 2. The van der Waals surface area contributed by atoms with Gasteiger partial charge in [0.15, 0.2) is 11.5 Å². The number of methoxy groups -OCH3 is 1. The number of carboxylic acid groups (broad SMARTS) is 1. The first-order chi connectivity index (χ1) is 22.7. The molecule has 0 aliphatic carbocycles. The zero-order valence-electron chi connectivity index (χ0n) is 29.7. The highest BCUT2D eigenvalue weighted by molar-refractivity contribution is 5.95. The lowest BCUT2D eigenvalue weighted by Gasteiger charge is -2.31. The van der Waals surface area contributed by atoms with Crippen LogP contribution in [0, 0.1) is 11.3 Å². The smallest absolute Gasteiger partial charge is 0.308 e. The largest absolute Gasteiger partial charge is 0.493 e. The number of ether oxygens (including phenoxy) is 3. The van der Waals surface area contributed by atoms with Crippen LogP contribution in [-0.2, 0) is 20.9 Å². The number of quaternary nitrogens is 1. The van der Waals surface area contributed by atoms with Gasteiger partial charge in [-0.1, -0.05) is 39.3 Å². The molecule has 11 heteroatoms. The number of hydrogen-bond acceptors (Lipinski definition) is 7. The molecule has 3 atom stereocenters. The van der Waals surface area contributed by atoms with Gasteiger partial charge in [0.05, 0.1) is 40.7 Å². The van der Waals surface area contributed by atoms with Crippen molar-refractivity contribution in [3.63, 3.8) is 0 Å². The summed E-state index contributed by atoms with van der Waals surface area (Å²) in [4.78, 5) is 46.3. The molecule has 2 aromatic carbocycles. The number of likely N-dealkylation sites (tertiary alicyclic amines) is 2. The van der Waals surface area contributed by atoms with Gasteiger partial charge in [-0.15, -0.1) is 0 Å². The first-order valence-corrected chi connectivity index (χ1v) is 17.2. The molecule has 2 aromatic rings. The zero-order valence-corrected chi connectivity index (χ0v) is 29.7. The van der Waals surface area contributed by atoms with E-state index in [9.17, 15) is 19.5 Å². The highest BCUT2D eigenvalue weighted by Gasteiger charge is 2.48. The van der Waals surface area contributed by atoms with Crippen molar-refractivity contribution in [2.45, 2.75) is 65.0 Å². The Morgan fingerprint density at radius 2 is 1.92 bits per heavy atom. The Balaban J connectivity index is 1.46. The minimum absolute atomic E-state index is 0.0647. The molecular weight excluding hydrogens is 612 g/mol. The number of fused-ring (bicyclic) bond motifs is 1. The molecule has 48 heavy (non-hydrogen) atoms. The molecule has 5 rings (SSSR count). The van der Waals surface area contributed by atoms with E-state index in [2.05, 4.69) is 40.2 Å². The van der Waals surface area contributed by atoms with Crippen LogP contribution in [0.15, 0.2) is 36.4 Å². The third kappa shape index (κ3) is 7.73. The third-order valence-electron chi connectivity index (χ3n) is 9.96. The highest BCUT2D eigenvalue weighted by atomic mass is 16.7. The minimum Gasteiger partial charge on any atom is -0.493 e. The molecule has 0 aromatic heterocycles. The Morgan fingerprint density at radius 1 is 1.15 bits per heavy atom. The summed E-state index contributed by atoms with van der Waals surface area (Å²) >= 11 is 0. The molecule has 2 saturated heterocycles. The SMILES string of the molecule is CCCCN(C(=O)CN1CC(c2cc(OC)c3c(c2)OCO3)C(C(=O)O)C1CCN1CCC(C)(C)C1=O)c1cccc(C[N+](C)(C)C)c1. The van der Waals surface area contributed by atoms with Gasteiger partial charge in [0.2, 0.25) is 24.4 Å². The van der Waals surface area contributed by atoms with Crippen LogP contribution in [0.25, 0.3) is 0 Å². The minimum atomic E-state index is -0.930. The average Bonchev–Trinajstić information content (AvgIpc) is 3.71. The number of nitrogens with zero attached hydrogens (tertiary/aromatic N) is 4. The van der Waals surface area contributed by atoms with Crippen molar-refractivity contribution in [3.8, 4) is 17.2 Å². The van der Waals surface area contributed by atoms with Gasteiger partial charge in [-0.2, -0.15) is 0 Å². The van der Waals surface area contributed by atoms with Crippen LogP contribution in [-0.4, -0.2) is 111 Å². The monoisotopic (exact) mass is 665 g/mol. The van der Waals surface area contributed by atoms with Crippen molar-refractivity contribution in [1.29, 1.82) is 0 Å². The molecular formula is C37H53N4O7+. The predicted octanol–water partition coefficient (Wildman–Crippen LogP) is 4.58. The Labute approximate surface area is 284 Å². The molecule has 262 valence electrons. The molecule has 1 N–H and O–H groups in total. The highest BCUT2D eigenvalue weighted by Crippen LogP contribution is 2.47. The van der Waals surface area contributed by atoms with Gasteiger partial charge in [0.1, 0.15) is 6.54 Å². The summed E-state index contributed by atoms with van der Waals surface area (Å²) in [7, 11) is 7.97. The summed E-state index contributed by atoms with van der Waals surface area (Å²) < 4.78 is 17.7. The van der Waals surface area contributed by atoms with E-state index < -0.39 is 29.3 Å². The van der Waals surface area contributed by atoms with Crippen molar-refractivity contribution in [2.24, 2.45) is 11.3 Å². The maximum atomic E-state index is 14.3. The molecule has 3 aliphatic heterocycles. The van der Waals surface area contributed by atoms with Gasteiger partial charge >= 0.3 is 5.97 Å². The first kappa shape index (κ1) is 35.5. The number of carbonyl (C=O) groups is 3. The fraction of sp³-hybridized carbons (Fsp3) is 0.595. The number of anilines is 1. The van der Waals surface area contributed by atoms with Gasteiger partial charge in [0, 0.05) is 54.8 Å². The molecule has 11 nitrogen and oxygen atoms in total. The Bertz CT molecular complexity index is 1500. The molecule has 3 heterocycles. The molecule has 0 saturated carbocycles. The van der Waals surface area contributed by atoms with Crippen LogP contribution in [0.5, 0.6) is 17.2 Å². The van der Waals surface area contributed by atoms with Crippen molar-refractivity contribution < 1.29 is 38.2 Å².